The highest BCUT2D eigenvalue weighted by Crippen LogP contribution is 2.28. The molecule has 0 spiro atoms. The van der Waals surface area contributed by atoms with Gasteiger partial charge in [-0.25, -0.2) is 0 Å². The van der Waals surface area contributed by atoms with Gasteiger partial charge in [-0.3, -0.25) is 4.98 Å². The highest BCUT2D eigenvalue weighted by molar-refractivity contribution is 5.93. The number of nitrogens with one attached hydrogen (secondary N) is 2. The summed E-state index contributed by atoms with van der Waals surface area (Å²) in [6, 6.07) is 14.2. The maximum atomic E-state index is 8.87. The molecule has 0 radical (unpaired) electrons. The van der Waals surface area contributed by atoms with Crippen LogP contribution in [-0.4, -0.2) is 35.5 Å². The first kappa shape index (κ1) is 21.4. The second kappa shape index (κ2) is 11.6. The van der Waals surface area contributed by atoms with Crippen LogP contribution in [0.4, 0.5) is 5.69 Å². The van der Waals surface area contributed by atoms with E-state index in [1.54, 1.807) is 12.4 Å². The Morgan fingerprint density at radius 1 is 1.20 bits per heavy atom. The second-order valence-electron chi connectivity index (χ2n) is 7.62. The number of likely N-dealkylation sites (tertiary alicyclic amines) is 1. The van der Waals surface area contributed by atoms with Crippen LogP contribution in [0.15, 0.2) is 66.4 Å². The lowest BCUT2D eigenvalue weighted by Crippen LogP contribution is -2.31. The van der Waals surface area contributed by atoms with Gasteiger partial charge in [0, 0.05) is 31.5 Å². The lowest BCUT2D eigenvalue weighted by Gasteiger charge is -2.21. The number of pyridine rings is 1. The minimum Gasteiger partial charge on any atom is -0.371 e. The van der Waals surface area contributed by atoms with Crippen molar-refractivity contribution in [2.45, 2.75) is 32.1 Å². The minimum atomic E-state index is 0.469. The van der Waals surface area contributed by atoms with Crippen LogP contribution >= 0.6 is 0 Å². The number of unbranched alkanes of at least 4 members (excludes halogenated alkanes) is 2. The second-order valence-corrected chi connectivity index (χ2v) is 7.62. The number of hydrogen-bond donors (Lipinski definition) is 2. The van der Waals surface area contributed by atoms with Gasteiger partial charge in [0.15, 0.2) is 0 Å². The topological polar surface area (TPSA) is 76.3 Å². The first-order valence-corrected chi connectivity index (χ1v) is 10.6. The van der Waals surface area contributed by atoms with Crippen molar-refractivity contribution in [1.82, 2.24) is 15.2 Å². The van der Waals surface area contributed by atoms with Crippen LogP contribution in [0.2, 0.25) is 0 Å². The smallest absolute Gasteiger partial charge is 0.211 e. The normalized spacial score (nSPS) is 16.2. The van der Waals surface area contributed by atoms with Crippen molar-refractivity contribution in [3.63, 3.8) is 0 Å². The first-order chi connectivity index (χ1) is 14.8. The molecule has 2 heterocycles. The zero-order valence-corrected chi connectivity index (χ0v) is 17.4. The molecule has 3 rings (SSSR count). The summed E-state index contributed by atoms with van der Waals surface area (Å²) in [5.41, 5.74) is 3.17. The van der Waals surface area contributed by atoms with Gasteiger partial charge < -0.3 is 15.5 Å². The standard InChI is InChI=1S/C24H30N6/c1-20(22-10-5-2-6-11-22)30-16-13-21(18-30)9-4-3-7-15-27-24(28-19-25)29-23-12-8-14-26-17-23/h2,5-6,8,10-12,14,17,21H,1,3-4,7,9,13,15-16,18H2,(H2,27,28,29). The molecule has 1 aromatic carbocycles. The van der Waals surface area contributed by atoms with E-state index in [1.165, 1.54) is 24.8 Å². The van der Waals surface area contributed by atoms with Crippen molar-refractivity contribution >= 4 is 17.3 Å². The summed E-state index contributed by atoms with van der Waals surface area (Å²) in [5, 5.41) is 15.2. The lowest BCUT2D eigenvalue weighted by atomic mass is 10.0. The van der Waals surface area contributed by atoms with Gasteiger partial charge in [0.1, 0.15) is 0 Å². The predicted octanol–water partition coefficient (Wildman–Crippen LogP) is 4.47. The third kappa shape index (κ3) is 6.63. The Morgan fingerprint density at radius 3 is 2.83 bits per heavy atom. The molecule has 0 amide bonds. The Kier molecular flexibility index (Phi) is 8.28. The molecule has 1 aromatic heterocycles. The van der Waals surface area contributed by atoms with Gasteiger partial charge in [0.2, 0.25) is 12.2 Å². The van der Waals surface area contributed by atoms with E-state index in [0.717, 1.165) is 49.8 Å². The van der Waals surface area contributed by atoms with E-state index < -0.39 is 0 Å². The molecule has 1 fully saturated rings. The average Bonchev–Trinajstić information content (AvgIpc) is 3.26. The molecule has 2 N–H and O–H groups in total. The zero-order chi connectivity index (χ0) is 21.0. The van der Waals surface area contributed by atoms with Crippen LogP contribution in [0.3, 0.4) is 0 Å². The molecular weight excluding hydrogens is 372 g/mol. The molecule has 156 valence electrons. The van der Waals surface area contributed by atoms with Gasteiger partial charge in [0.05, 0.1) is 11.9 Å². The molecule has 1 aliphatic rings. The van der Waals surface area contributed by atoms with Crippen LogP contribution in [0, 0.1) is 17.4 Å². The first-order valence-electron chi connectivity index (χ1n) is 10.6. The van der Waals surface area contributed by atoms with Crippen molar-refractivity contribution in [2.75, 3.05) is 25.0 Å². The number of nitrogens with zero attached hydrogens (tertiary/aromatic N) is 4. The molecule has 1 unspecified atom stereocenters. The summed E-state index contributed by atoms with van der Waals surface area (Å²) in [4.78, 5) is 10.3. The van der Waals surface area contributed by atoms with Crippen LogP contribution < -0.4 is 10.6 Å². The maximum absolute atomic E-state index is 8.87. The number of nitriles is 1. The van der Waals surface area contributed by atoms with Crippen molar-refractivity contribution in [3.8, 4) is 6.19 Å². The van der Waals surface area contributed by atoms with Crippen LogP contribution in [0.1, 0.15) is 37.7 Å². The Balaban J connectivity index is 1.30. The number of hydrogen-bond acceptors (Lipinski definition) is 4. The maximum Gasteiger partial charge on any atom is 0.211 e. The molecule has 0 bridgehead atoms. The summed E-state index contributed by atoms with van der Waals surface area (Å²) in [6.45, 7) is 7.30. The van der Waals surface area contributed by atoms with Gasteiger partial charge in [-0.2, -0.15) is 5.26 Å². The Morgan fingerprint density at radius 2 is 2.07 bits per heavy atom. The van der Waals surface area contributed by atoms with Crippen LogP contribution in [0.5, 0.6) is 0 Å². The van der Waals surface area contributed by atoms with E-state index >= 15 is 0 Å². The van der Waals surface area contributed by atoms with Crippen molar-refractivity contribution in [1.29, 1.82) is 5.26 Å². The van der Waals surface area contributed by atoms with Crippen LogP contribution in [-0.2, 0) is 0 Å². The molecule has 0 aliphatic carbocycles. The fourth-order valence-electron chi connectivity index (χ4n) is 3.80. The average molecular weight is 403 g/mol. The Hall–Kier alpha value is -3.33. The van der Waals surface area contributed by atoms with E-state index in [2.05, 4.69) is 56.4 Å². The number of aromatic nitrogens is 1. The van der Waals surface area contributed by atoms with Crippen molar-refractivity contribution < 1.29 is 0 Å². The number of anilines is 1. The number of rotatable bonds is 9. The highest BCUT2D eigenvalue weighted by Gasteiger charge is 2.23. The van der Waals surface area contributed by atoms with Gasteiger partial charge in [-0.15, -0.1) is 4.99 Å². The molecule has 1 atom stereocenters. The lowest BCUT2D eigenvalue weighted by molar-refractivity contribution is 0.432. The van der Waals surface area contributed by atoms with Gasteiger partial charge in [-0.1, -0.05) is 49.8 Å². The minimum absolute atomic E-state index is 0.469. The molecular formula is C24H30N6. The zero-order valence-electron chi connectivity index (χ0n) is 17.4. The van der Waals surface area contributed by atoms with E-state index in [1.807, 2.05) is 24.4 Å². The monoisotopic (exact) mass is 402 g/mol. The van der Waals surface area contributed by atoms with E-state index in [-0.39, 0.29) is 0 Å². The fraction of sp³-hybridized carbons (Fsp3) is 0.375. The summed E-state index contributed by atoms with van der Waals surface area (Å²) in [5.74, 6) is 1.22. The van der Waals surface area contributed by atoms with Gasteiger partial charge >= 0.3 is 0 Å². The Labute approximate surface area is 179 Å². The van der Waals surface area contributed by atoms with E-state index in [4.69, 9.17) is 5.26 Å². The van der Waals surface area contributed by atoms with E-state index in [0.29, 0.717) is 5.96 Å². The van der Waals surface area contributed by atoms with E-state index in [9.17, 15) is 0 Å². The molecule has 2 aromatic rings. The molecule has 6 heteroatoms. The summed E-state index contributed by atoms with van der Waals surface area (Å²) < 4.78 is 0. The number of benzene rings is 1. The summed E-state index contributed by atoms with van der Waals surface area (Å²) in [6.07, 6.45) is 11.2. The molecule has 1 aliphatic heterocycles. The number of aliphatic imine (C=N–C) groups is 1. The quantitative estimate of drug-likeness (QED) is 0.280. The fourth-order valence-corrected chi connectivity index (χ4v) is 3.80. The van der Waals surface area contributed by atoms with Gasteiger partial charge in [0.25, 0.3) is 0 Å². The Bertz CT molecular complexity index is 856. The highest BCUT2D eigenvalue weighted by atomic mass is 15.2. The third-order valence-corrected chi connectivity index (χ3v) is 5.44. The summed E-state index contributed by atoms with van der Waals surface area (Å²) in [7, 11) is 0. The largest absolute Gasteiger partial charge is 0.371 e. The molecule has 0 saturated carbocycles. The van der Waals surface area contributed by atoms with Crippen molar-refractivity contribution in [3.05, 3.63) is 67.0 Å². The SMILES string of the molecule is C=C(c1ccccc1)N1CCC(CCCCCN/C(=N/C#N)Nc2cccnc2)C1. The van der Waals surface area contributed by atoms with Crippen LogP contribution in [0.25, 0.3) is 5.70 Å². The van der Waals surface area contributed by atoms with Gasteiger partial charge in [-0.05, 0) is 42.9 Å². The van der Waals surface area contributed by atoms with Crippen molar-refractivity contribution in [2.24, 2.45) is 10.9 Å². The molecule has 30 heavy (non-hydrogen) atoms. The summed E-state index contributed by atoms with van der Waals surface area (Å²) >= 11 is 0. The molecule has 1 saturated heterocycles. The number of guanidine groups is 1. The molecule has 6 nitrogen and oxygen atoms in total. The third-order valence-electron chi connectivity index (χ3n) is 5.44. The predicted molar refractivity (Wildman–Crippen MR) is 123 cm³/mol.